The number of nitrogens with zero attached hydrogens (tertiary/aromatic N) is 5. The van der Waals surface area contributed by atoms with Gasteiger partial charge in [0, 0.05) is 58.1 Å². The Balaban J connectivity index is 1.10. The minimum Gasteiger partial charge on any atom is -0.340 e. The molecule has 1 spiro atoms. The van der Waals surface area contributed by atoms with Crippen molar-refractivity contribution in [2.24, 2.45) is 0 Å². The molecule has 2 saturated heterocycles. The molecule has 1 saturated carbocycles. The summed E-state index contributed by atoms with van der Waals surface area (Å²) < 4.78 is 1.92. The second-order valence-corrected chi connectivity index (χ2v) is 9.72. The van der Waals surface area contributed by atoms with E-state index in [-0.39, 0.29) is 30.8 Å². The summed E-state index contributed by atoms with van der Waals surface area (Å²) in [5, 5.41) is 3.57. The van der Waals surface area contributed by atoms with Gasteiger partial charge in [0.25, 0.3) is 5.91 Å². The fourth-order valence-electron chi connectivity index (χ4n) is 5.22. The number of aromatic nitrogens is 2. The van der Waals surface area contributed by atoms with E-state index >= 15 is 0 Å². The number of rotatable bonds is 5. The van der Waals surface area contributed by atoms with Gasteiger partial charge in [-0.1, -0.05) is 30.9 Å². The number of imidazole rings is 1. The molecule has 1 aliphatic carbocycles. The van der Waals surface area contributed by atoms with Gasteiger partial charge in [0.2, 0.25) is 5.91 Å². The lowest BCUT2D eigenvalue weighted by Gasteiger charge is -2.34. The Morgan fingerprint density at radius 1 is 1.06 bits per heavy atom. The van der Waals surface area contributed by atoms with Crippen molar-refractivity contribution in [3.8, 4) is 0 Å². The molecule has 3 aliphatic rings. The van der Waals surface area contributed by atoms with Crippen LogP contribution in [0.2, 0.25) is 5.02 Å². The number of fused-ring (bicyclic) bond motifs is 1. The number of carbonyl (C=O) groups excluding carboxylic acids is 3. The van der Waals surface area contributed by atoms with Gasteiger partial charge in [0.05, 0.1) is 10.7 Å². The lowest BCUT2D eigenvalue weighted by molar-refractivity contribution is -0.135. The molecule has 2 aromatic heterocycles. The summed E-state index contributed by atoms with van der Waals surface area (Å²) in [6.07, 6.45) is 8.38. The first-order chi connectivity index (χ1) is 15.9. The molecule has 0 atom stereocenters. The van der Waals surface area contributed by atoms with Crippen molar-refractivity contribution < 1.29 is 14.4 Å². The van der Waals surface area contributed by atoms with Gasteiger partial charge in [-0.15, -0.1) is 0 Å². The molecule has 4 amide bonds. The summed E-state index contributed by atoms with van der Waals surface area (Å²) in [6, 6.07) is 3.37. The fourth-order valence-corrected chi connectivity index (χ4v) is 5.39. The zero-order valence-corrected chi connectivity index (χ0v) is 19.4. The van der Waals surface area contributed by atoms with Gasteiger partial charge >= 0.3 is 6.03 Å². The second kappa shape index (κ2) is 8.95. The second-order valence-electron chi connectivity index (χ2n) is 9.28. The van der Waals surface area contributed by atoms with Gasteiger partial charge in [0.1, 0.15) is 11.2 Å². The van der Waals surface area contributed by atoms with E-state index < -0.39 is 5.54 Å². The molecule has 3 fully saturated rings. The maximum atomic E-state index is 12.9. The average molecular weight is 473 g/mol. The van der Waals surface area contributed by atoms with Gasteiger partial charge in [-0.05, 0) is 25.0 Å². The lowest BCUT2D eigenvalue weighted by atomic mass is 9.82. The molecule has 2 aliphatic heterocycles. The Hall–Kier alpha value is -2.65. The molecule has 9 nitrogen and oxygen atoms in total. The Morgan fingerprint density at radius 2 is 1.82 bits per heavy atom. The molecule has 5 rings (SSSR count). The van der Waals surface area contributed by atoms with Gasteiger partial charge in [-0.2, -0.15) is 0 Å². The average Bonchev–Trinajstić information content (AvgIpc) is 3.30. The third-order valence-corrected chi connectivity index (χ3v) is 7.30. The van der Waals surface area contributed by atoms with Crippen LogP contribution in [-0.2, 0) is 16.1 Å². The Bertz CT molecular complexity index is 1070. The third-order valence-electron chi connectivity index (χ3n) is 7.08. The third kappa shape index (κ3) is 4.44. The van der Waals surface area contributed by atoms with E-state index in [1.165, 1.54) is 4.90 Å². The van der Waals surface area contributed by atoms with Crippen molar-refractivity contribution in [1.29, 1.82) is 0 Å². The van der Waals surface area contributed by atoms with Crippen LogP contribution in [0.5, 0.6) is 0 Å². The number of halogens is 1. The molecule has 0 bridgehead atoms. The van der Waals surface area contributed by atoms with Crippen LogP contribution in [0.4, 0.5) is 4.79 Å². The predicted octanol–water partition coefficient (Wildman–Crippen LogP) is 2.28. The van der Waals surface area contributed by atoms with Crippen LogP contribution < -0.4 is 5.32 Å². The fraction of sp³-hybridized carbons (Fsp3) is 0.565. The smallest absolute Gasteiger partial charge is 0.325 e. The highest BCUT2D eigenvalue weighted by molar-refractivity contribution is 6.30. The zero-order chi connectivity index (χ0) is 23.0. The first-order valence-corrected chi connectivity index (χ1v) is 12.1. The van der Waals surface area contributed by atoms with E-state index in [9.17, 15) is 14.4 Å². The van der Waals surface area contributed by atoms with E-state index in [0.717, 1.165) is 43.7 Å². The number of imide groups is 1. The van der Waals surface area contributed by atoms with E-state index in [1.54, 1.807) is 0 Å². The topological polar surface area (TPSA) is 90.3 Å². The van der Waals surface area contributed by atoms with Crippen LogP contribution in [0.1, 0.15) is 44.2 Å². The van der Waals surface area contributed by atoms with Gasteiger partial charge < -0.3 is 14.6 Å². The van der Waals surface area contributed by atoms with Gasteiger partial charge in [-0.3, -0.25) is 19.4 Å². The first-order valence-electron chi connectivity index (χ1n) is 11.7. The Morgan fingerprint density at radius 3 is 2.58 bits per heavy atom. The van der Waals surface area contributed by atoms with Crippen molar-refractivity contribution in [3.05, 3.63) is 35.2 Å². The summed E-state index contributed by atoms with van der Waals surface area (Å²) in [7, 11) is 0. The molecule has 1 N–H and O–H groups in total. The van der Waals surface area contributed by atoms with E-state index in [2.05, 4.69) is 15.2 Å². The Labute approximate surface area is 197 Å². The molecule has 33 heavy (non-hydrogen) atoms. The molecular weight excluding hydrogens is 444 g/mol. The van der Waals surface area contributed by atoms with Crippen molar-refractivity contribution in [3.63, 3.8) is 0 Å². The normalized spacial score (nSPS) is 21.2. The number of hydrogen-bond acceptors (Lipinski definition) is 5. The number of pyridine rings is 1. The van der Waals surface area contributed by atoms with Crippen LogP contribution in [0.15, 0.2) is 24.5 Å². The number of nitrogens with one attached hydrogen (secondary N) is 1. The van der Waals surface area contributed by atoms with Crippen LogP contribution in [-0.4, -0.2) is 80.2 Å². The number of carbonyl (C=O) groups is 3. The van der Waals surface area contributed by atoms with E-state index in [4.69, 9.17) is 11.6 Å². The van der Waals surface area contributed by atoms with Gasteiger partial charge in [0.15, 0.2) is 0 Å². The summed E-state index contributed by atoms with van der Waals surface area (Å²) in [5.74, 6) is -0.166. The predicted molar refractivity (Wildman–Crippen MR) is 123 cm³/mol. The number of amides is 4. The van der Waals surface area contributed by atoms with Gasteiger partial charge in [-0.25, -0.2) is 9.78 Å². The van der Waals surface area contributed by atoms with Crippen molar-refractivity contribution >= 4 is 35.1 Å². The molecule has 10 heteroatoms. The van der Waals surface area contributed by atoms with Crippen LogP contribution in [0.3, 0.4) is 0 Å². The summed E-state index contributed by atoms with van der Waals surface area (Å²) in [5.41, 5.74) is 1.10. The number of piperazine rings is 1. The number of urea groups is 1. The minimum atomic E-state index is -0.729. The molecule has 176 valence electrons. The number of hydrogen-bond donors (Lipinski definition) is 1. The van der Waals surface area contributed by atoms with E-state index in [1.807, 2.05) is 33.8 Å². The van der Waals surface area contributed by atoms with Crippen LogP contribution in [0, 0.1) is 0 Å². The maximum Gasteiger partial charge on any atom is 0.325 e. The highest BCUT2D eigenvalue weighted by atomic mass is 35.5. The largest absolute Gasteiger partial charge is 0.340 e. The zero-order valence-electron chi connectivity index (χ0n) is 18.6. The minimum absolute atomic E-state index is 0.0118. The van der Waals surface area contributed by atoms with Crippen molar-refractivity contribution in [2.45, 2.75) is 50.6 Å². The van der Waals surface area contributed by atoms with Crippen molar-refractivity contribution in [1.82, 2.24) is 29.4 Å². The summed E-state index contributed by atoms with van der Waals surface area (Å²) >= 11 is 6.05. The molecule has 4 heterocycles. The molecule has 2 aromatic rings. The van der Waals surface area contributed by atoms with E-state index in [0.29, 0.717) is 37.5 Å². The Kier molecular flexibility index (Phi) is 6.01. The molecular formula is C23H29ClN6O3. The first kappa shape index (κ1) is 22.2. The quantitative estimate of drug-likeness (QED) is 0.674. The summed E-state index contributed by atoms with van der Waals surface area (Å²) in [6.45, 7) is 3.63. The van der Waals surface area contributed by atoms with Crippen molar-refractivity contribution in [2.75, 3.05) is 32.7 Å². The molecule has 0 aromatic carbocycles. The highest BCUT2D eigenvalue weighted by Gasteiger charge is 2.51. The maximum absolute atomic E-state index is 12.9. The SMILES string of the molecule is O=C(CCN1C(=O)NC2(CCCCC2)C1=O)N1CCN(Cc2cn3cc(Cl)ccc3n2)CC1. The molecule has 0 unspecified atom stereocenters. The lowest BCUT2D eigenvalue weighted by Crippen LogP contribution is -2.49. The standard InChI is InChI=1S/C23H29ClN6O3/c24-17-4-5-19-25-18(16-29(19)14-17)15-27-10-12-28(13-11-27)20(31)6-9-30-21(32)23(26-22(30)33)7-2-1-3-8-23/h4-5,14,16H,1-3,6-13,15H2,(H,26,33). The van der Waals surface area contributed by atoms with Crippen LogP contribution in [0.25, 0.3) is 5.65 Å². The summed E-state index contributed by atoms with van der Waals surface area (Å²) in [4.78, 5) is 48.0. The highest BCUT2D eigenvalue weighted by Crippen LogP contribution is 2.33. The molecule has 0 radical (unpaired) electrons. The monoisotopic (exact) mass is 472 g/mol. The van der Waals surface area contributed by atoms with Crippen LogP contribution >= 0.6 is 11.6 Å².